The predicted molar refractivity (Wildman–Crippen MR) is 79.0 cm³/mol. The van der Waals surface area contributed by atoms with Gasteiger partial charge in [-0.2, -0.15) is 0 Å². The minimum atomic E-state index is -0.0169. The Labute approximate surface area is 122 Å². The van der Waals surface area contributed by atoms with Gasteiger partial charge in [0, 0.05) is 28.7 Å². The average molecular weight is 333 g/mol. The van der Waals surface area contributed by atoms with E-state index >= 15 is 0 Å². The number of rotatable bonds is 3. The van der Waals surface area contributed by atoms with E-state index in [1.165, 1.54) is 0 Å². The minimum absolute atomic E-state index is 0.0169. The minimum Gasteiger partial charge on any atom is -0.375 e. The van der Waals surface area contributed by atoms with Crippen LogP contribution in [0.1, 0.15) is 32.3 Å². The van der Waals surface area contributed by atoms with Crippen LogP contribution < -0.4 is 5.32 Å². The standard InChI is InChI=1S/C14H19BrClNO/c1-14(2)8-12(5-6-18-14)17-9-10-7-11(15)3-4-13(10)16/h3-4,7,12,17H,5-6,8-9H2,1-2H3. The van der Waals surface area contributed by atoms with Gasteiger partial charge in [0.1, 0.15) is 0 Å². The largest absolute Gasteiger partial charge is 0.375 e. The number of ether oxygens (including phenoxy) is 1. The molecule has 1 aliphatic heterocycles. The molecule has 1 saturated heterocycles. The second kappa shape index (κ2) is 5.91. The van der Waals surface area contributed by atoms with Crippen LogP contribution >= 0.6 is 27.5 Å². The molecule has 0 radical (unpaired) electrons. The van der Waals surface area contributed by atoms with E-state index in [0.29, 0.717) is 6.04 Å². The maximum atomic E-state index is 6.18. The van der Waals surface area contributed by atoms with E-state index in [1.54, 1.807) is 0 Å². The first-order valence-electron chi connectivity index (χ1n) is 6.27. The molecule has 2 nitrogen and oxygen atoms in total. The zero-order valence-electron chi connectivity index (χ0n) is 10.8. The number of hydrogen-bond donors (Lipinski definition) is 1. The highest BCUT2D eigenvalue weighted by atomic mass is 79.9. The molecule has 1 heterocycles. The molecule has 4 heteroatoms. The van der Waals surface area contributed by atoms with Crippen molar-refractivity contribution < 1.29 is 4.74 Å². The molecular weight excluding hydrogens is 314 g/mol. The Morgan fingerprint density at radius 2 is 2.28 bits per heavy atom. The van der Waals surface area contributed by atoms with Crippen molar-refractivity contribution in [3.8, 4) is 0 Å². The van der Waals surface area contributed by atoms with Crippen LogP contribution in [0.3, 0.4) is 0 Å². The first-order valence-corrected chi connectivity index (χ1v) is 7.45. The molecule has 18 heavy (non-hydrogen) atoms. The van der Waals surface area contributed by atoms with E-state index in [0.717, 1.165) is 41.1 Å². The van der Waals surface area contributed by atoms with E-state index in [1.807, 2.05) is 12.1 Å². The summed E-state index contributed by atoms with van der Waals surface area (Å²) in [4.78, 5) is 0. The third kappa shape index (κ3) is 3.95. The molecule has 2 rings (SSSR count). The van der Waals surface area contributed by atoms with Gasteiger partial charge in [0.2, 0.25) is 0 Å². The Bertz CT molecular complexity index is 422. The van der Waals surface area contributed by atoms with Crippen molar-refractivity contribution >= 4 is 27.5 Å². The maximum Gasteiger partial charge on any atom is 0.0641 e. The van der Waals surface area contributed by atoms with Gasteiger partial charge in [-0.3, -0.25) is 0 Å². The molecular formula is C14H19BrClNO. The molecule has 1 fully saturated rings. The molecule has 0 spiro atoms. The monoisotopic (exact) mass is 331 g/mol. The first kappa shape index (κ1) is 14.3. The summed E-state index contributed by atoms with van der Waals surface area (Å²) >= 11 is 9.66. The lowest BCUT2D eigenvalue weighted by Gasteiger charge is -2.36. The predicted octanol–water partition coefficient (Wildman–Crippen LogP) is 4.15. The lowest BCUT2D eigenvalue weighted by Crippen LogP contribution is -2.43. The van der Waals surface area contributed by atoms with Crippen LogP contribution in [0, 0.1) is 0 Å². The van der Waals surface area contributed by atoms with Crippen LogP contribution in [0.25, 0.3) is 0 Å². The molecule has 100 valence electrons. The highest BCUT2D eigenvalue weighted by molar-refractivity contribution is 9.10. The average Bonchev–Trinajstić information content (AvgIpc) is 2.29. The summed E-state index contributed by atoms with van der Waals surface area (Å²) in [5.41, 5.74) is 1.12. The lowest BCUT2D eigenvalue weighted by molar-refractivity contribution is -0.0630. The number of hydrogen-bond acceptors (Lipinski definition) is 2. The highest BCUT2D eigenvalue weighted by Gasteiger charge is 2.28. The van der Waals surface area contributed by atoms with Crippen LogP contribution in [-0.2, 0) is 11.3 Å². The molecule has 1 N–H and O–H groups in total. The van der Waals surface area contributed by atoms with Crippen molar-refractivity contribution in [2.45, 2.75) is 44.9 Å². The van der Waals surface area contributed by atoms with Gasteiger partial charge in [0.25, 0.3) is 0 Å². The first-order chi connectivity index (χ1) is 8.46. The van der Waals surface area contributed by atoms with Gasteiger partial charge >= 0.3 is 0 Å². The fourth-order valence-electron chi connectivity index (χ4n) is 2.34. The van der Waals surface area contributed by atoms with Gasteiger partial charge in [-0.05, 0) is 50.5 Å². The lowest BCUT2D eigenvalue weighted by atomic mass is 9.94. The number of nitrogens with one attached hydrogen (secondary N) is 1. The van der Waals surface area contributed by atoms with Crippen molar-refractivity contribution in [2.75, 3.05) is 6.61 Å². The van der Waals surface area contributed by atoms with Crippen molar-refractivity contribution in [3.05, 3.63) is 33.3 Å². The Hall–Kier alpha value is -0.0900. The van der Waals surface area contributed by atoms with E-state index < -0.39 is 0 Å². The molecule has 1 aromatic carbocycles. The Balaban J connectivity index is 1.93. The zero-order valence-corrected chi connectivity index (χ0v) is 13.1. The third-order valence-electron chi connectivity index (χ3n) is 3.29. The highest BCUT2D eigenvalue weighted by Crippen LogP contribution is 2.25. The summed E-state index contributed by atoms with van der Waals surface area (Å²) in [6.07, 6.45) is 2.10. The maximum absolute atomic E-state index is 6.18. The van der Waals surface area contributed by atoms with Gasteiger partial charge in [0.05, 0.1) is 5.60 Å². The number of halogens is 2. The van der Waals surface area contributed by atoms with Gasteiger partial charge in [-0.25, -0.2) is 0 Å². The molecule has 1 aliphatic rings. The zero-order chi connectivity index (χ0) is 13.2. The van der Waals surface area contributed by atoms with Crippen molar-refractivity contribution in [1.82, 2.24) is 5.32 Å². The molecule has 0 aliphatic carbocycles. The van der Waals surface area contributed by atoms with Crippen molar-refractivity contribution in [2.24, 2.45) is 0 Å². The molecule has 1 aromatic rings. The third-order valence-corrected chi connectivity index (χ3v) is 4.15. The fourth-order valence-corrected chi connectivity index (χ4v) is 2.93. The summed E-state index contributed by atoms with van der Waals surface area (Å²) in [5, 5.41) is 4.39. The summed E-state index contributed by atoms with van der Waals surface area (Å²) in [6, 6.07) is 6.46. The quantitative estimate of drug-likeness (QED) is 0.898. The van der Waals surface area contributed by atoms with E-state index in [9.17, 15) is 0 Å². The Morgan fingerprint density at radius 1 is 1.50 bits per heavy atom. The second-order valence-corrected chi connectivity index (χ2v) is 6.74. The molecule has 0 bridgehead atoms. The van der Waals surface area contributed by atoms with Crippen LogP contribution in [0.4, 0.5) is 0 Å². The van der Waals surface area contributed by atoms with Crippen LogP contribution in [-0.4, -0.2) is 18.2 Å². The summed E-state index contributed by atoms with van der Waals surface area (Å²) < 4.78 is 6.78. The van der Waals surface area contributed by atoms with Crippen LogP contribution in [0.2, 0.25) is 5.02 Å². The SMILES string of the molecule is CC1(C)CC(NCc2cc(Br)ccc2Cl)CCO1. The Kier molecular flexibility index (Phi) is 4.70. The van der Waals surface area contributed by atoms with Gasteiger partial charge in [-0.15, -0.1) is 0 Å². The van der Waals surface area contributed by atoms with Crippen molar-refractivity contribution in [3.63, 3.8) is 0 Å². The van der Waals surface area contributed by atoms with E-state index in [2.05, 4.69) is 41.2 Å². The van der Waals surface area contributed by atoms with E-state index in [4.69, 9.17) is 16.3 Å². The smallest absolute Gasteiger partial charge is 0.0641 e. The number of benzene rings is 1. The van der Waals surface area contributed by atoms with Crippen LogP contribution in [0.15, 0.2) is 22.7 Å². The summed E-state index contributed by atoms with van der Waals surface area (Å²) in [6.45, 7) is 5.93. The fraction of sp³-hybridized carbons (Fsp3) is 0.571. The van der Waals surface area contributed by atoms with Gasteiger partial charge in [0.15, 0.2) is 0 Å². The van der Waals surface area contributed by atoms with E-state index in [-0.39, 0.29) is 5.60 Å². The van der Waals surface area contributed by atoms with Crippen molar-refractivity contribution in [1.29, 1.82) is 0 Å². The molecule has 0 aromatic heterocycles. The molecule has 1 atom stereocenters. The topological polar surface area (TPSA) is 21.3 Å². The van der Waals surface area contributed by atoms with Gasteiger partial charge in [-0.1, -0.05) is 27.5 Å². The Morgan fingerprint density at radius 3 is 3.00 bits per heavy atom. The summed E-state index contributed by atoms with van der Waals surface area (Å²) in [5.74, 6) is 0. The molecule has 0 amide bonds. The molecule has 1 unspecified atom stereocenters. The second-order valence-electron chi connectivity index (χ2n) is 5.41. The van der Waals surface area contributed by atoms with Crippen LogP contribution in [0.5, 0.6) is 0 Å². The summed E-state index contributed by atoms with van der Waals surface area (Å²) in [7, 11) is 0. The van der Waals surface area contributed by atoms with Gasteiger partial charge < -0.3 is 10.1 Å². The normalized spacial score (nSPS) is 23.0. The molecule has 0 saturated carbocycles.